The highest BCUT2D eigenvalue weighted by molar-refractivity contribution is 5.92. The van der Waals surface area contributed by atoms with Crippen molar-refractivity contribution in [3.63, 3.8) is 0 Å². The average molecular weight is 336 g/mol. The standard InChI is InChI=1S/C19H16N2O4/c1-23-15-9-7-14(8-10-15)17-20-16(13-5-3-2-4-6-13)18(25-17)21-11-12-24-19(21)22/h2-10H,11-12H2,1H3. The number of amides is 1. The van der Waals surface area contributed by atoms with Crippen LogP contribution in [-0.2, 0) is 4.74 Å². The summed E-state index contributed by atoms with van der Waals surface area (Å²) in [5.74, 6) is 1.60. The molecule has 1 amide bonds. The third-order valence-corrected chi connectivity index (χ3v) is 4.00. The quantitative estimate of drug-likeness (QED) is 0.721. The summed E-state index contributed by atoms with van der Waals surface area (Å²) in [6, 6.07) is 17.0. The first-order chi connectivity index (χ1) is 12.3. The van der Waals surface area contributed by atoms with Gasteiger partial charge in [-0.25, -0.2) is 14.7 Å². The molecular weight excluding hydrogens is 320 g/mol. The molecule has 25 heavy (non-hydrogen) atoms. The highest BCUT2D eigenvalue weighted by atomic mass is 16.6. The molecular formula is C19H16N2O4. The topological polar surface area (TPSA) is 64.8 Å². The number of hydrogen-bond donors (Lipinski definition) is 0. The number of cyclic esters (lactones) is 1. The number of oxazole rings is 1. The maximum atomic E-state index is 12.0. The van der Waals surface area contributed by atoms with Crippen molar-refractivity contribution in [2.75, 3.05) is 25.2 Å². The van der Waals surface area contributed by atoms with Gasteiger partial charge in [0.1, 0.15) is 18.1 Å². The monoisotopic (exact) mass is 336 g/mol. The second kappa shape index (κ2) is 6.32. The zero-order valence-electron chi connectivity index (χ0n) is 13.6. The molecule has 0 aliphatic carbocycles. The Morgan fingerprint density at radius 2 is 1.80 bits per heavy atom. The zero-order valence-corrected chi connectivity index (χ0v) is 13.6. The van der Waals surface area contributed by atoms with E-state index in [0.717, 1.165) is 16.9 Å². The van der Waals surface area contributed by atoms with E-state index >= 15 is 0 Å². The number of anilines is 1. The summed E-state index contributed by atoms with van der Waals surface area (Å²) < 4.78 is 16.2. The molecule has 0 spiro atoms. The lowest BCUT2D eigenvalue weighted by Crippen LogP contribution is -2.23. The summed E-state index contributed by atoms with van der Waals surface area (Å²) in [6.07, 6.45) is -0.422. The van der Waals surface area contributed by atoms with Crippen LogP contribution in [0.25, 0.3) is 22.7 Å². The molecule has 0 unspecified atom stereocenters. The molecule has 0 atom stereocenters. The Morgan fingerprint density at radius 1 is 1.04 bits per heavy atom. The molecule has 4 rings (SSSR count). The van der Waals surface area contributed by atoms with Gasteiger partial charge in [0.2, 0.25) is 11.8 Å². The van der Waals surface area contributed by atoms with Crippen LogP contribution >= 0.6 is 0 Å². The van der Waals surface area contributed by atoms with E-state index in [9.17, 15) is 4.79 Å². The lowest BCUT2D eigenvalue weighted by atomic mass is 10.1. The van der Waals surface area contributed by atoms with Crippen LogP contribution in [0.3, 0.4) is 0 Å². The van der Waals surface area contributed by atoms with Crippen LogP contribution in [0.4, 0.5) is 10.7 Å². The molecule has 0 N–H and O–H groups in total. The Kier molecular flexibility index (Phi) is 3.85. The summed E-state index contributed by atoms with van der Waals surface area (Å²) >= 11 is 0. The summed E-state index contributed by atoms with van der Waals surface area (Å²) in [5, 5.41) is 0. The minimum absolute atomic E-state index is 0.339. The van der Waals surface area contributed by atoms with Crippen molar-refractivity contribution in [3.8, 4) is 28.5 Å². The Bertz CT molecular complexity index is 888. The molecule has 1 aliphatic heterocycles. The van der Waals surface area contributed by atoms with E-state index < -0.39 is 6.09 Å². The van der Waals surface area contributed by atoms with Crippen molar-refractivity contribution in [1.82, 2.24) is 4.98 Å². The van der Waals surface area contributed by atoms with Crippen LogP contribution in [0.1, 0.15) is 0 Å². The van der Waals surface area contributed by atoms with E-state index in [1.807, 2.05) is 54.6 Å². The van der Waals surface area contributed by atoms with Crippen LogP contribution in [-0.4, -0.2) is 31.3 Å². The number of aromatic nitrogens is 1. The van der Waals surface area contributed by atoms with Crippen molar-refractivity contribution in [2.24, 2.45) is 0 Å². The molecule has 0 radical (unpaired) electrons. The Hall–Kier alpha value is -3.28. The van der Waals surface area contributed by atoms with Crippen LogP contribution in [0.2, 0.25) is 0 Å². The smallest absolute Gasteiger partial charge is 0.416 e. The summed E-state index contributed by atoms with van der Waals surface area (Å²) in [6.45, 7) is 0.779. The van der Waals surface area contributed by atoms with E-state index in [0.29, 0.717) is 30.6 Å². The molecule has 2 heterocycles. The fraction of sp³-hybridized carbons (Fsp3) is 0.158. The molecule has 1 fully saturated rings. The maximum absolute atomic E-state index is 12.0. The molecule has 126 valence electrons. The first-order valence-electron chi connectivity index (χ1n) is 7.91. The van der Waals surface area contributed by atoms with Gasteiger partial charge >= 0.3 is 6.09 Å². The van der Waals surface area contributed by atoms with Gasteiger partial charge < -0.3 is 13.9 Å². The van der Waals surface area contributed by atoms with Crippen molar-refractivity contribution in [2.45, 2.75) is 0 Å². The van der Waals surface area contributed by atoms with Crippen LogP contribution in [0, 0.1) is 0 Å². The SMILES string of the molecule is COc1ccc(-c2nc(-c3ccccc3)c(N3CCOC3=O)o2)cc1. The Morgan fingerprint density at radius 3 is 2.44 bits per heavy atom. The van der Waals surface area contributed by atoms with Crippen molar-refractivity contribution >= 4 is 12.0 Å². The second-order valence-corrected chi connectivity index (χ2v) is 5.53. The van der Waals surface area contributed by atoms with Crippen molar-refractivity contribution in [1.29, 1.82) is 0 Å². The molecule has 1 saturated heterocycles. The molecule has 1 aromatic heterocycles. The number of ether oxygens (including phenoxy) is 2. The van der Waals surface area contributed by atoms with E-state index in [1.54, 1.807) is 7.11 Å². The lowest BCUT2D eigenvalue weighted by molar-refractivity contribution is 0.180. The number of carbonyl (C=O) groups is 1. The largest absolute Gasteiger partial charge is 0.497 e. The summed E-state index contributed by atoms with van der Waals surface area (Å²) in [5.41, 5.74) is 2.29. The average Bonchev–Trinajstić information content (AvgIpc) is 3.28. The van der Waals surface area contributed by atoms with Gasteiger partial charge in [0.05, 0.1) is 13.7 Å². The van der Waals surface area contributed by atoms with Crippen LogP contribution in [0.15, 0.2) is 59.0 Å². The molecule has 6 nitrogen and oxygen atoms in total. The first-order valence-corrected chi connectivity index (χ1v) is 7.91. The number of benzene rings is 2. The van der Waals surface area contributed by atoms with Crippen molar-refractivity contribution < 1.29 is 18.7 Å². The molecule has 3 aromatic rings. The Balaban J connectivity index is 1.81. The predicted molar refractivity (Wildman–Crippen MR) is 92.6 cm³/mol. The van der Waals surface area contributed by atoms with E-state index in [1.165, 1.54) is 4.90 Å². The van der Waals surface area contributed by atoms with Gasteiger partial charge in [-0.2, -0.15) is 0 Å². The lowest BCUT2D eigenvalue weighted by Gasteiger charge is -2.10. The minimum Gasteiger partial charge on any atom is -0.497 e. The zero-order chi connectivity index (χ0) is 17.2. The fourth-order valence-corrected chi connectivity index (χ4v) is 2.71. The number of hydrogen-bond acceptors (Lipinski definition) is 5. The third-order valence-electron chi connectivity index (χ3n) is 4.00. The highest BCUT2D eigenvalue weighted by Gasteiger charge is 2.31. The molecule has 2 aromatic carbocycles. The summed E-state index contributed by atoms with van der Waals surface area (Å²) in [7, 11) is 1.62. The Labute approximate surface area is 144 Å². The van der Waals surface area contributed by atoms with Gasteiger partial charge in [-0.3, -0.25) is 0 Å². The fourth-order valence-electron chi connectivity index (χ4n) is 2.71. The van der Waals surface area contributed by atoms with Gasteiger partial charge in [0.25, 0.3) is 0 Å². The van der Waals surface area contributed by atoms with Gasteiger partial charge in [-0.1, -0.05) is 30.3 Å². The highest BCUT2D eigenvalue weighted by Crippen LogP contribution is 2.36. The first kappa shape index (κ1) is 15.3. The number of rotatable bonds is 4. The number of carbonyl (C=O) groups excluding carboxylic acids is 1. The second-order valence-electron chi connectivity index (χ2n) is 5.53. The molecule has 0 saturated carbocycles. The molecule has 0 bridgehead atoms. The van der Waals surface area contributed by atoms with E-state index in [2.05, 4.69) is 4.98 Å². The van der Waals surface area contributed by atoms with Gasteiger partial charge in [-0.15, -0.1) is 0 Å². The van der Waals surface area contributed by atoms with Gasteiger partial charge in [0.15, 0.2) is 0 Å². The van der Waals surface area contributed by atoms with E-state index in [-0.39, 0.29) is 0 Å². The minimum atomic E-state index is -0.422. The predicted octanol–water partition coefficient (Wildman–Crippen LogP) is 3.97. The van der Waals surface area contributed by atoms with Gasteiger partial charge in [-0.05, 0) is 24.3 Å². The van der Waals surface area contributed by atoms with Crippen molar-refractivity contribution in [3.05, 3.63) is 54.6 Å². The maximum Gasteiger partial charge on any atom is 0.416 e. The third kappa shape index (κ3) is 2.82. The van der Waals surface area contributed by atoms with Crippen LogP contribution < -0.4 is 9.64 Å². The summed E-state index contributed by atoms with van der Waals surface area (Å²) in [4.78, 5) is 18.1. The van der Waals surface area contributed by atoms with Crippen LogP contribution in [0.5, 0.6) is 5.75 Å². The number of methoxy groups -OCH3 is 1. The molecule has 1 aliphatic rings. The normalized spacial score (nSPS) is 13.8. The van der Waals surface area contributed by atoms with E-state index in [4.69, 9.17) is 13.9 Å². The molecule has 6 heteroatoms. The number of nitrogens with zero attached hydrogens (tertiary/aromatic N) is 2. The van der Waals surface area contributed by atoms with Gasteiger partial charge in [0, 0.05) is 11.1 Å².